The van der Waals surface area contributed by atoms with Crippen LogP contribution < -0.4 is 10.7 Å². The van der Waals surface area contributed by atoms with Crippen molar-refractivity contribution < 1.29 is 9.59 Å². The third-order valence-electron chi connectivity index (χ3n) is 4.51. The lowest BCUT2D eigenvalue weighted by Crippen LogP contribution is -2.37. The van der Waals surface area contributed by atoms with Crippen LogP contribution in [0.25, 0.3) is 5.69 Å². The first-order valence-electron chi connectivity index (χ1n) is 9.22. The number of hydrazone groups is 1. The average molecular weight is 389 g/mol. The zero-order chi connectivity index (χ0) is 20.8. The lowest BCUT2D eigenvalue weighted by atomic mass is 10.2. The summed E-state index contributed by atoms with van der Waals surface area (Å²) in [4.78, 5) is 27.7. The van der Waals surface area contributed by atoms with E-state index in [4.69, 9.17) is 0 Å². The predicted molar refractivity (Wildman–Crippen MR) is 112 cm³/mol. The van der Waals surface area contributed by atoms with Crippen molar-refractivity contribution >= 4 is 18.0 Å². The van der Waals surface area contributed by atoms with Crippen molar-refractivity contribution in [3.8, 4) is 5.69 Å². The van der Waals surface area contributed by atoms with Gasteiger partial charge >= 0.3 is 11.8 Å². The summed E-state index contributed by atoms with van der Waals surface area (Å²) in [5.41, 5.74) is 8.23. The van der Waals surface area contributed by atoms with Gasteiger partial charge in [0, 0.05) is 41.6 Å². The van der Waals surface area contributed by atoms with Gasteiger partial charge in [-0.3, -0.25) is 14.6 Å². The van der Waals surface area contributed by atoms with E-state index in [2.05, 4.69) is 49.7 Å². The molecular formula is C22H23N5O2. The summed E-state index contributed by atoms with van der Waals surface area (Å²) in [6.45, 7) is 6.26. The van der Waals surface area contributed by atoms with Crippen molar-refractivity contribution in [3.63, 3.8) is 0 Å². The van der Waals surface area contributed by atoms with Gasteiger partial charge in [0.15, 0.2) is 0 Å². The van der Waals surface area contributed by atoms with Gasteiger partial charge in [-0.05, 0) is 50.6 Å². The van der Waals surface area contributed by atoms with Gasteiger partial charge in [-0.15, -0.1) is 0 Å². The standard InChI is InChI=1S/C22H23N5O2/c1-15-6-8-20(9-7-15)27-16(2)11-19(17(27)3)14-25-26-22(29)21(28)24-13-18-5-4-10-23-12-18/h4-12,14H,13H2,1-3H3,(H,24,28)(H,26,29)/b25-14-. The Hall–Kier alpha value is -3.74. The molecule has 2 heterocycles. The molecule has 0 unspecified atom stereocenters. The van der Waals surface area contributed by atoms with E-state index in [-0.39, 0.29) is 6.54 Å². The zero-order valence-corrected chi connectivity index (χ0v) is 16.6. The molecule has 7 nitrogen and oxygen atoms in total. The number of aromatic nitrogens is 2. The van der Waals surface area contributed by atoms with Gasteiger partial charge in [0.25, 0.3) is 0 Å². The fourth-order valence-corrected chi connectivity index (χ4v) is 2.99. The number of hydrogen-bond acceptors (Lipinski definition) is 4. The maximum Gasteiger partial charge on any atom is 0.329 e. The minimum absolute atomic E-state index is 0.224. The summed E-state index contributed by atoms with van der Waals surface area (Å²) in [6, 6.07) is 13.8. The van der Waals surface area contributed by atoms with Crippen LogP contribution in [0.3, 0.4) is 0 Å². The molecule has 0 fully saturated rings. The highest BCUT2D eigenvalue weighted by atomic mass is 16.2. The maximum absolute atomic E-state index is 11.9. The van der Waals surface area contributed by atoms with Gasteiger partial charge in [0.1, 0.15) is 0 Å². The minimum Gasteiger partial charge on any atom is -0.344 e. The van der Waals surface area contributed by atoms with E-state index in [1.807, 2.05) is 32.9 Å². The highest BCUT2D eigenvalue weighted by Gasteiger charge is 2.13. The number of hydrogen-bond donors (Lipinski definition) is 2. The molecule has 7 heteroatoms. The van der Waals surface area contributed by atoms with Crippen molar-refractivity contribution in [2.45, 2.75) is 27.3 Å². The number of benzene rings is 1. The Morgan fingerprint density at radius 2 is 1.86 bits per heavy atom. The van der Waals surface area contributed by atoms with Crippen LogP contribution in [0.4, 0.5) is 0 Å². The molecule has 1 aromatic carbocycles. The molecule has 148 valence electrons. The highest BCUT2D eigenvalue weighted by molar-refractivity contribution is 6.35. The molecule has 2 aromatic heterocycles. The van der Waals surface area contributed by atoms with Crippen molar-refractivity contribution in [1.82, 2.24) is 20.3 Å². The van der Waals surface area contributed by atoms with E-state index < -0.39 is 11.8 Å². The SMILES string of the molecule is Cc1ccc(-n2c(C)cc(/C=N\NC(=O)C(=O)NCc3cccnc3)c2C)cc1. The van der Waals surface area contributed by atoms with Crippen molar-refractivity contribution in [3.05, 3.63) is 82.9 Å². The first-order chi connectivity index (χ1) is 14.0. The Kier molecular flexibility index (Phi) is 6.19. The number of nitrogens with zero attached hydrogens (tertiary/aromatic N) is 3. The molecule has 0 bridgehead atoms. The van der Waals surface area contributed by atoms with Crippen molar-refractivity contribution in [2.24, 2.45) is 5.10 Å². The van der Waals surface area contributed by atoms with Crippen LogP contribution in [0, 0.1) is 20.8 Å². The number of carbonyl (C=O) groups is 2. The second-order valence-electron chi connectivity index (χ2n) is 6.74. The number of nitrogens with one attached hydrogen (secondary N) is 2. The summed E-state index contributed by atoms with van der Waals surface area (Å²) < 4.78 is 2.11. The van der Waals surface area contributed by atoms with Gasteiger partial charge in [0.05, 0.1) is 6.21 Å². The Balaban J connectivity index is 1.61. The first-order valence-corrected chi connectivity index (χ1v) is 9.22. The lowest BCUT2D eigenvalue weighted by Gasteiger charge is -2.09. The molecule has 0 atom stereocenters. The molecule has 0 aliphatic carbocycles. The van der Waals surface area contributed by atoms with E-state index in [1.54, 1.807) is 24.7 Å². The fourth-order valence-electron chi connectivity index (χ4n) is 2.99. The highest BCUT2D eigenvalue weighted by Crippen LogP contribution is 2.20. The molecule has 3 rings (SSSR count). The molecule has 0 radical (unpaired) electrons. The van der Waals surface area contributed by atoms with Crippen LogP contribution in [-0.4, -0.2) is 27.6 Å². The van der Waals surface area contributed by atoms with Gasteiger partial charge in [-0.25, -0.2) is 5.43 Å². The average Bonchev–Trinajstić information content (AvgIpc) is 3.01. The Bertz CT molecular complexity index is 1040. The summed E-state index contributed by atoms with van der Waals surface area (Å²) in [5, 5.41) is 6.46. The maximum atomic E-state index is 11.9. The molecule has 2 N–H and O–H groups in total. The van der Waals surface area contributed by atoms with E-state index in [0.29, 0.717) is 0 Å². The van der Waals surface area contributed by atoms with Crippen LogP contribution in [0.5, 0.6) is 0 Å². The third kappa shape index (κ3) is 4.95. The van der Waals surface area contributed by atoms with Crippen LogP contribution in [0.2, 0.25) is 0 Å². The number of amides is 2. The van der Waals surface area contributed by atoms with E-state index in [9.17, 15) is 9.59 Å². The van der Waals surface area contributed by atoms with Crippen LogP contribution in [-0.2, 0) is 16.1 Å². The second-order valence-corrected chi connectivity index (χ2v) is 6.74. The molecule has 0 spiro atoms. The monoisotopic (exact) mass is 389 g/mol. The van der Waals surface area contributed by atoms with Gasteiger partial charge in [-0.1, -0.05) is 23.8 Å². The summed E-state index contributed by atoms with van der Waals surface area (Å²) in [5.74, 6) is -1.58. The van der Waals surface area contributed by atoms with E-state index >= 15 is 0 Å². The number of rotatable bonds is 5. The summed E-state index contributed by atoms with van der Waals surface area (Å²) in [7, 11) is 0. The third-order valence-corrected chi connectivity index (χ3v) is 4.51. The lowest BCUT2D eigenvalue weighted by molar-refractivity contribution is -0.139. The summed E-state index contributed by atoms with van der Waals surface area (Å²) >= 11 is 0. The largest absolute Gasteiger partial charge is 0.344 e. The summed E-state index contributed by atoms with van der Waals surface area (Å²) in [6.07, 6.45) is 4.81. The molecular weight excluding hydrogens is 366 g/mol. The van der Waals surface area contributed by atoms with E-state index in [1.165, 1.54) is 5.56 Å². The quantitative estimate of drug-likeness (QED) is 0.399. The molecule has 29 heavy (non-hydrogen) atoms. The van der Waals surface area contributed by atoms with Crippen molar-refractivity contribution in [2.75, 3.05) is 0 Å². The van der Waals surface area contributed by atoms with Gasteiger partial charge < -0.3 is 9.88 Å². The number of carbonyl (C=O) groups excluding carboxylic acids is 2. The Labute approximate surface area is 169 Å². The normalized spacial score (nSPS) is 10.9. The Morgan fingerprint density at radius 1 is 1.10 bits per heavy atom. The van der Waals surface area contributed by atoms with E-state index in [0.717, 1.165) is 28.2 Å². The fraction of sp³-hybridized carbons (Fsp3) is 0.182. The molecule has 0 aliphatic rings. The molecule has 0 saturated heterocycles. The van der Waals surface area contributed by atoms with Gasteiger partial charge in [-0.2, -0.15) is 5.10 Å². The van der Waals surface area contributed by atoms with Gasteiger partial charge in [0.2, 0.25) is 0 Å². The molecule has 3 aromatic rings. The molecule has 0 saturated carbocycles. The number of pyridine rings is 1. The van der Waals surface area contributed by atoms with Crippen molar-refractivity contribution in [1.29, 1.82) is 0 Å². The number of aryl methyl sites for hydroxylation is 2. The smallest absolute Gasteiger partial charge is 0.329 e. The first kappa shape index (κ1) is 20.0. The zero-order valence-electron chi connectivity index (χ0n) is 16.6. The second kappa shape index (κ2) is 8.97. The van der Waals surface area contributed by atoms with Crippen LogP contribution in [0.1, 0.15) is 28.1 Å². The van der Waals surface area contributed by atoms with Crippen LogP contribution in [0.15, 0.2) is 60.0 Å². The molecule has 2 amide bonds. The molecule has 0 aliphatic heterocycles. The predicted octanol–water partition coefficient (Wildman–Crippen LogP) is 2.56. The van der Waals surface area contributed by atoms with Crippen LogP contribution >= 0.6 is 0 Å². The topological polar surface area (TPSA) is 88.4 Å². The Morgan fingerprint density at radius 3 is 2.55 bits per heavy atom. The minimum atomic E-state index is -0.822.